The molecule has 0 fully saturated rings. The molecule has 1 N–H and O–H groups in total. The number of esters is 1. The summed E-state index contributed by atoms with van der Waals surface area (Å²) in [6.45, 7) is 1.41. The molecule has 1 heterocycles. The monoisotopic (exact) mass is 379 g/mol. The first-order chi connectivity index (χ1) is 12.1. The maximum Gasteiger partial charge on any atom is 0.359 e. The number of nitrogens with one attached hydrogen (secondary N) is 1. The van der Waals surface area contributed by atoms with E-state index in [-0.39, 0.29) is 16.8 Å². The van der Waals surface area contributed by atoms with Crippen LogP contribution in [-0.2, 0) is 21.8 Å². The number of Topliss-reactive ketones (excluding diaryl/α,β-unsaturated/α-hetero) is 1. The molecule has 0 aliphatic heterocycles. The quantitative estimate of drug-likeness (QED) is 0.575. The molecule has 1 aromatic carbocycles. The molecular formula is C16H17N3O6S. The predicted molar refractivity (Wildman–Crippen MR) is 93.6 cm³/mol. The Kier molecular flexibility index (Phi) is 5.56. The van der Waals surface area contributed by atoms with E-state index >= 15 is 0 Å². The Morgan fingerprint density at radius 2 is 1.77 bits per heavy atom. The first-order valence-electron chi connectivity index (χ1n) is 7.44. The van der Waals surface area contributed by atoms with Gasteiger partial charge in [-0.1, -0.05) is 0 Å². The van der Waals surface area contributed by atoms with E-state index in [4.69, 9.17) is 4.74 Å². The van der Waals surface area contributed by atoms with Crippen molar-refractivity contribution in [1.82, 2.24) is 9.78 Å². The number of sulfonamides is 1. The van der Waals surface area contributed by atoms with Gasteiger partial charge < -0.3 is 4.74 Å². The largest absolute Gasteiger partial charge is 0.449 e. The second kappa shape index (κ2) is 7.48. The molecule has 0 radical (unpaired) electrons. The van der Waals surface area contributed by atoms with E-state index in [2.05, 4.69) is 9.82 Å². The average Bonchev–Trinajstić information content (AvgIpc) is 2.55. The van der Waals surface area contributed by atoms with Crippen LogP contribution < -0.4 is 10.3 Å². The fourth-order valence-corrected chi connectivity index (χ4v) is 2.60. The van der Waals surface area contributed by atoms with E-state index in [1.165, 1.54) is 50.4 Å². The average molecular weight is 379 g/mol. The highest BCUT2D eigenvalue weighted by Crippen LogP contribution is 2.14. The van der Waals surface area contributed by atoms with Gasteiger partial charge in [-0.2, -0.15) is 5.10 Å². The zero-order valence-electron chi connectivity index (χ0n) is 14.3. The molecule has 0 spiro atoms. The van der Waals surface area contributed by atoms with E-state index in [1.54, 1.807) is 0 Å². The van der Waals surface area contributed by atoms with E-state index in [1.807, 2.05) is 0 Å². The van der Waals surface area contributed by atoms with Crippen LogP contribution >= 0.6 is 0 Å². The standard InChI is InChI=1S/C16H17N3O6S/c1-10(25-16(22)13-8-9-14(20)19(2)17-13)15(21)11-4-6-12(7-5-11)18-26(3,23)24/h4-10,18H,1-3H3. The molecule has 0 saturated heterocycles. The number of carbonyl (C=O) groups is 2. The Balaban J connectivity index is 2.07. The van der Waals surface area contributed by atoms with Gasteiger partial charge in [-0.05, 0) is 37.3 Å². The van der Waals surface area contributed by atoms with Crippen LogP contribution in [0.15, 0.2) is 41.2 Å². The first-order valence-corrected chi connectivity index (χ1v) is 9.33. The van der Waals surface area contributed by atoms with Gasteiger partial charge in [0.05, 0.1) is 6.26 Å². The number of anilines is 1. The van der Waals surface area contributed by atoms with Gasteiger partial charge in [-0.3, -0.25) is 14.3 Å². The normalized spacial score (nSPS) is 12.3. The third-order valence-corrected chi connectivity index (χ3v) is 3.90. The predicted octanol–water partition coefficient (Wildman–Crippen LogP) is 0.580. The number of benzene rings is 1. The van der Waals surface area contributed by atoms with Crippen LogP contribution in [0.1, 0.15) is 27.8 Å². The minimum Gasteiger partial charge on any atom is -0.449 e. The van der Waals surface area contributed by atoms with Gasteiger partial charge in [0.25, 0.3) is 5.56 Å². The molecule has 0 bridgehead atoms. The number of ether oxygens (including phenoxy) is 1. The molecule has 0 amide bonds. The van der Waals surface area contributed by atoms with Crippen molar-refractivity contribution in [3.8, 4) is 0 Å². The van der Waals surface area contributed by atoms with E-state index in [0.29, 0.717) is 5.69 Å². The third-order valence-electron chi connectivity index (χ3n) is 3.30. The highest BCUT2D eigenvalue weighted by Gasteiger charge is 2.21. The topological polar surface area (TPSA) is 124 Å². The molecule has 1 aromatic heterocycles. The van der Waals surface area contributed by atoms with Crippen molar-refractivity contribution < 1.29 is 22.7 Å². The number of hydrogen-bond donors (Lipinski definition) is 1. The molecule has 26 heavy (non-hydrogen) atoms. The van der Waals surface area contributed by atoms with Crippen LogP contribution in [0.3, 0.4) is 0 Å². The summed E-state index contributed by atoms with van der Waals surface area (Å²) in [5, 5.41) is 3.76. The molecule has 9 nitrogen and oxygen atoms in total. The summed E-state index contributed by atoms with van der Waals surface area (Å²) >= 11 is 0. The van der Waals surface area contributed by atoms with Gasteiger partial charge in [-0.25, -0.2) is 17.9 Å². The maximum absolute atomic E-state index is 12.3. The molecule has 138 valence electrons. The summed E-state index contributed by atoms with van der Waals surface area (Å²) in [6.07, 6.45) is -0.0728. The minimum absolute atomic E-state index is 0.0977. The second-order valence-electron chi connectivity index (χ2n) is 5.54. The van der Waals surface area contributed by atoms with Crippen LogP contribution in [-0.4, -0.2) is 42.3 Å². The smallest absolute Gasteiger partial charge is 0.359 e. The van der Waals surface area contributed by atoms with Crippen molar-refractivity contribution in [3.05, 3.63) is 58.0 Å². The molecule has 10 heteroatoms. The SMILES string of the molecule is CC(OC(=O)c1ccc(=O)n(C)n1)C(=O)c1ccc(NS(C)(=O)=O)cc1. The maximum atomic E-state index is 12.3. The number of ketones is 1. The third kappa shape index (κ3) is 4.99. The number of carbonyl (C=O) groups excluding carboxylic acids is 2. The molecule has 0 aliphatic rings. The summed E-state index contributed by atoms with van der Waals surface area (Å²) < 4.78 is 30.7. The van der Waals surface area contributed by atoms with Crippen molar-refractivity contribution >= 4 is 27.5 Å². The fraction of sp³-hybridized carbons (Fsp3) is 0.250. The Morgan fingerprint density at radius 1 is 1.15 bits per heavy atom. The summed E-state index contributed by atoms with van der Waals surface area (Å²) in [6, 6.07) is 8.08. The molecular weight excluding hydrogens is 362 g/mol. The van der Waals surface area contributed by atoms with Crippen molar-refractivity contribution in [2.24, 2.45) is 7.05 Å². The Morgan fingerprint density at radius 3 is 2.31 bits per heavy atom. The lowest BCUT2D eigenvalue weighted by molar-refractivity contribution is 0.0310. The number of hydrogen-bond acceptors (Lipinski definition) is 7. The number of nitrogens with zero attached hydrogens (tertiary/aromatic N) is 2. The van der Waals surface area contributed by atoms with E-state index < -0.39 is 27.9 Å². The van der Waals surface area contributed by atoms with E-state index in [9.17, 15) is 22.8 Å². The lowest BCUT2D eigenvalue weighted by Crippen LogP contribution is -2.27. The zero-order valence-corrected chi connectivity index (χ0v) is 15.1. The highest BCUT2D eigenvalue weighted by atomic mass is 32.2. The molecule has 0 aliphatic carbocycles. The Bertz CT molecular complexity index is 995. The van der Waals surface area contributed by atoms with Gasteiger partial charge in [-0.15, -0.1) is 0 Å². The van der Waals surface area contributed by atoms with Crippen LogP contribution in [0, 0.1) is 0 Å². The molecule has 1 atom stereocenters. The fourth-order valence-electron chi connectivity index (χ4n) is 2.04. The molecule has 0 saturated carbocycles. The molecule has 2 aromatic rings. The van der Waals surface area contributed by atoms with Gasteiger partial charge >= 0.3 is 5.97 Å². The summed E-state index contributed by atoms with van der Waals surface area (Å²) in [5.41, 5.74) is 0.0776. The van der Waals surface area contributed by atoms with Crippen LogP contribution in [0.4, 0.5) is 5.69 Å². The van der Waals surface area contributed by atoms with Crippen LogP contribution in [0.25, 0.3) is 0 Å². The summed E-state index contributed by atoms with van der Waals surface area (Å²) in [7, 11) is -2.03. The van der Waals surface area contributed by atoms with Crippen molar-refractivity contribution in [2.45, 2.75) is 13.0 Å². The van der Waals surface area contributed by atoms with Crippen LogP contribution in [0.5, 0.6) is 0 Å². The Hall–Kier alpha value is -3.01. The summed E-state index contributed by atoms with van der Waals surface area (Å²) in [5.74, 6) is -1.30. The van der Waals surface area contributed by atoms with Gasteiger partial charge in [0.1, 0.15) is 0 Å². The van der Waals surface area contributed by atoms with Crippen molar-refractivity contribution in [3.63, 3.8) is 0 Å². The van der Waals surface area contributed by atoms with Gasteiger partial charge in [0.2, 0.25) is 15.8 Å². The van der Waals surface area contributed by atoms with E-state index in [0.717, 1.165) is 10.9 Å². The minimum atomic E-state index is -3.42. The first kappa shape index (κ1) is 19.3. The van der Waals surface area contributed by atoms with Crippen molar-refractivity contribution in [1.29, 1.82) is 0 Å². The molecule has 2 rings (SSSR count). The summed E-state index contributed by atoms with van der Waals surface area (Å²) in [4.78, 5) is 35.6. The zero-order chi connectivity index (χ0) is 19.5. The van der Waals surface area contributed by atoms with Crippen molar-refractivity contribution in [2.75, 3.05) is 11.0 Å². The Labute approximate surface area is 149 Å². The lowest BCUT2D eigenvalue weighted by Gasteiger charge is -2.12. The lowest BCUT2D eigenvalue weighted by atomic mass is 10.1. The highest BCUT2D eigenvalue weighted by molar-refractivity contribution is 7.92. The molecule has 1 unspecified atom stereocenters. The van der Waals surface area contributed by atoms with Gasteiger partial charge in [0.15, 0.2) is 11.8 Å². The van der Waals surface area contributed by atoms with Gasteiger partial charge in [0, 0.05) is 24.4 Å². The number of aromatic nitrogens is 2. The number of aryl methyl sites for hydroxylation is 1. The second-order valence-corrected chi connectivity index (χ2v) is 7.29. The van der Waals surface area contributed by atoms with Crippen LogP contribution in [0.2, 0.25) is 0 Å². The number of rotatable bonds is 6.